The normalized spacial score (nSPS) is 10.9. The number of rotatable bonds is 7. The number of nitrogens with zero attached hydrogens (tertiary/aromatic N) is 2. The molecular formula is C24H26N4O4. The summed E-state index contributed by atoms with van der Waals surface area (Å²) in [5.41, 5.74) is 2.37. The maximum Gasteiger partial charge on any atom is 0.325 e. The molecule has 2 aromatic carbocycles. The minimum absolute atomic E-state index is 0.186. The molecule has 1 amide bonds. The molecular weight excluding hydrogens is 408 g/mol. The Kier molecular flexibility index (Phi) is 7.04. The van der Waals surface area contributed by atoms with Crippen LogP contribution in [0.1, 0.15) is 31.1 Å². The van der Waals surface area contributed by atoms with Crippen LogP contribution in [0, 0.1) is 0 Å². The van der Waals surface area contributed by atoms with Gasteiger partial charge in [0, 0.05) is 29.2 Å². The number of methoxy groups -OCH3 is 1. The third-order valence-electron chi connectivity index (χ3n) is 4.29. The number of hydrogen-bond acceptors (Lipinski definition) is 7. The lowest BCUT2D eigenvalue weighted by atomic mass is 10.1. The largest absolute Gasteiger partial charge is 0.497 e. The summed E-state index contributed by atoms with van der Waals surface area (Å²) in [5.74, 6) is 0.409. The molecule has 0 aliphatic heterocycles. The molecule has 0 radical (unpaired) electrons. The highest BCUT2D eigenvalue weighted by Crippen LogP contribution is 2.21. The average molecular weight is 434 g/mol. The third kappa shape index (κ3) is 6.53. The number of nitrogens with one attached hydrogen (secondary N) is 2. The van der Waals surface area contributed by atoms with Crippen molar-refractivity contribution in [2.24, 2.45) is 0 Å². The van der Waals surface area contributed by atoms with Crippen molar-refractivity contribution < 1.29 is 19.1 Å². The fourth-order valence-corrected chi connectivity index (χ4v) is 2.79. The maximum absolute atomic E-state index is 12.3. The van der Waals surface area contributed by atoms with Gasteiger partial charge >= 0.3 is 5.97 Å². The number of anilines is 2. The summed E-state index contributed by atoms with van der Waals surface area (Å²) in [5, 5.41) is 5.69. The summed E-state index contributed by atoms with van der Waals surface area (Å²) in [6, 6.07) is 14.4. The highest BCUT2D eigenvalue weighted by atomic mass is 16.6. The lowest BCUT2D eigenvalue weighted by Gasteiger charge is -2.19. The van der Waals surface area contributed by atoms with E-state index in [1.54, 1.807) is 64.5 Å². The van der Waals surface area contributed by atoms with Crippen LogP contribution in [0.3, 0.4) is 0 Å². The zero-order valence-corrected chi connectivity index (χ0v) is 18.5. The number of ether oxygens (including phenoxy) is 2. The van der Waals surface area contributed by atoms with Crippen molar-refractivity contribution in [3.8, 4) is 16.9 Å². The zero-order chi connectivity index (χ0) is 23.1. The quantitative estimate of drug-likeness (QED) is 0.543. The molecule has 0 atom stereocenters. The number of hydrogen-bond donors (Lipinski definition) is 2. The van der Waals surface area contributed by atoms with E-state index in [1.807, 2.05) is 24.3 Å². The van der Waals surface area contributed by atoms with Crippen LogP contribution < -0.4 is 15.4 Å². The molecule has 0 saturated carbocycles. The Hall–Kier alpha value is -3.94. The van der Waals surface area contributed by atoms with E-state index in [2.05, 4.69) is 20.6 Å². The molecule has 0 saturated heterocycles. The maximum atomic E-state index is 12.3. The Balaban J connectivity index is 1.58. The van der Waals surface area contributed by atoms with Crippen molar-refractivity contribution in [3.63, 3.8) is 0 Å². The molecule has 0 spiro atoms. The number of carbonyl (C=O) groups is 2. The smallest absolute Gasteiger partial charge is 0.325 e. The second-order valence-corrected chi connectivity index (χ2v) is 8.00. The van der Waals surface area contributed by atoms with Crippen LogP contribution in [0.15, 0.2) is 60.9 Å². The molecule has 1 heterocycles. The van der Waals surface area contributed by atoms with E-state index < -0.39 is 11.6 Å². The Morgan fingerprint density at radius 3 is 2.09 bits per heavy atom. The lowest BCUT2D eigenvalue weighted by Crippen LogP contribution is -2.34. The Bertz CT molecular complexity index is 1060. The summed E-state index contributed by atoms with van der Waals surface area (Å²) in [6.45, 7) is 5.14. The Morgan fingerprint density at radius 2 is 1.53 bits per heavy atom. The number of aromatic nitrogens is 2. The lowest BCUT2D eigenvalue weighted by molar-refractivity contribution is -0.153. The molecule has 166 valence electrons. The predicted octanol–water partition coefficient (Wildman–Crippen LogP) is 3.97. The summed E-state index contributed by atoms with van der Waals surface area (Å²) < 4.78 is 10.3. The van der Waals surface area contributed by atoms with E-state index in [0.717, 1.165) is 22.6 Å². The molecule has 3 aromatic rings. The van der Waals surface area contributed by atoms with E-state index in [0.29, 0.717) is 11.5 Å². The van der Waals surface area contributed by atoms with Crippen molar-refractivity contribution in [1.29, 1.82) is 0 Å². The molecule has 2 N–H and O–H groups in total. The third-order valence-corrected chi connectivity index (χ3v) is 4.29. The van der Waals surface area contributed by atoms with Gasteiger partial charge in [-0.25, -0.2) is 9.97 Å². The van der Waals surface area contributed by atoms with Crippen LogP contribution in [0.25, 0.3) is 11.1 Å². The first-order chi connectivity index (χ1) is 15.2. The van der Waals surface area contributed by atoms with Gasteiger partial charge in [0.25, 0.3) is 5.91 Å². The van der Waals surface area contributed by atoms with E-state index in [1.165, 1.54) is 0 Å². The molecule has 1 aromatic heterocycles. The average Bonchev–Trinajstić information content (AvgIpc) is 2.77. The molecule has 3 rings (SSSR count). The Morgan fingerprint density at radius 1 is 0.906 bits per heavy atom. The van der Waals surface area contributed by atoms with Gasteiger partial charge in [0.15, 0.2) is 0 Å². The summed E-state index contributed by atoms with van der Waals surface area (Å²) in [7, 11) is 1.62. The summed E-state index contributed by atoms with van der Waals surface area (Å²) in [4.78, 5) is 32.7. The standard InChI is InChI=1S/C24H26N4O4/c1-24(2,3)32-21(29)15-25-22(30)17-7-5-16(6-8-17)18-13-26-23(27-14-18)28-19-9-11-20(31-4)12-10-19/h5-14H,15H2,1-4H3,(H,25,30)(H,26,27,28). The van der Waals surface area contributed by atoms with Crippen molar-refractivity contribution >= 4 is 23.5 Å². The molecule has 8 heteroatoms. The fourth-order valence-electron chi connectivity index (χ4n) is 2.79. The molecule has 32 heavy (non-hydrogen) atoms. The zero-order valence-electron chi connectivity index (χ0n) is 18.5. The van der Waals surface area contributed by atoms with Gasteiger partial charge in [-0.2, -0.15) is 0 Å². The SMILES string of the molecule is COc1ccc(Nc2ncc(-c3ccc(C(=O)NCC(=O)OC(C)(C)C)cc3)cn2)cc1. The molecule has 8 nitrogen and oxygen atoms in total. The monoisotopic (exact) mass is 434 g/mol. The molecule has 0 aliphatic carbocycles. The summed E-state index contributed by atoms with van der Waals surface area (Å²) in [6.07, 6.45) is 3.41. The van der Waals surface area contributed by atoms with Gasteiger partial charge in [-0.3, -0.25) is 9.59 Å². The van der Waals surface area contributed by atoms with Crippen molar-refractivity contribution in [3.05, 3.63) is 66.5 Å². The first-order valence-electron chi connectivity index (χ1n) is 10.1. The van der Waals surface area contributed by atoms with Crippen molar-refractivity contribution in [2.75, 3.05) is 19.0 Å². The van der Waals surface area contributed by atoms with Gasteiger partial charge < -0.3 is 20.1 Å². The summed E-state index contributed by atoms with van der Waals surface area (Å²) >= 11 is 0. The minimum atomic E-state index is -0.592. The van der Waals surface area contributed by atoms with Gasteiger partial charge in [-0.05, 0) is 62.7 Å². The molecule has 0 unspecified atom stereocenters. The molecule has 0 fully saturated rings. The molecule has 0 bridgehead atoms. The van der Waals surface area contributed by atoms with Gasteiger partial charge in [-0.1, -0.05) is 12.1 Å². The van der Waals surface area contributed by atoms with E-state index in [4.69, 9.17) is 9.47 Å². The van der Waals surface area contributed by atoms with E-state index in [9.17, 15) is 9.59 Å². The van der Waals surface area contributed by atoms with Crippen LogP contribution in [0.5, 0.6) is 5.75 Å². The number of carbonyl (C=O) groups excluding carboxylic acids is 2. The second kappa shape index (κ2) is 9.91. The van der Waals surface area contributed by atoms with Gasteiger partial charge in [0.05, 0.1) is 7.11 Å². The van der Waals surface area contributed by atoms with Crippen molar-refractivity contribution in [2.45, 2.75) is 26.4 Å². The number of benzene rings is 2. The minimum Gasteiger partial charge on any atom is -0.497 e. The number of amides is 1. The molecule has 0 aliphatic rings. The first kappa shape index (κ1) is 22.7. The van der Waals surface area contributed by atoms with E-state index >= 15 is 0 Å². The van der Waals surface area contributed by atoms with Gasteiger partial charge in [-0.15, -0.1) is 0 Å². The van der Waals surface area contributed by atoms with Crippen LogP contribution in [0.2, 0.25) is 0 Å². The first-order valence-corrected chi connectivity index (χ1v) is 10.1. The second-order valence-electron chi connectivity index (χ2n) is 8.00. The highest BCUT2D eigenvalue weighted by Gasteiger charge is 2.17. The van der Waals surface area contributed by atoms with Gasteiger partial charge in [0.1, 0.15) is 17.9 Å². The van der Waals surface area contributed by atoms with E-state index in [-0.39, 0.29) is 12.5 Å². The van der Waals surface area contributed by atoms with Crippen LogP contribution in [-0.4, -0.2) is 41.1 Å². The predicted molar refractivity (Wildman–Crippen MR) is 122 cm³/mol. The topological polar surface area (TPSA) is 102 Å². The van der Waals surface area contributed by atoms with Gasteiger partial charge in [0.2, 0.25) is 5.95 Å². The van der Waals surface area contributed by atoms with Crippen molar-refractivity contribution in [1.82, 2.24) is 15.3 Å². The van der Waals surface area contributed by atoms with Crippen LogP contribution >= 0.6 is 0 Å². The Labute approximate surface area is 187 Å². The fraction of sp³-hybridized carbons (Fsp3) is 0.250. The number of esters is 1. The highest BCUT2D eigenvalue weighted by molar-refractivity contribution is 5.96. The van der Waals surface area contributed by atoms with Crippen LogP contribution in [0.4, 0.5) is 11.6 Å². The van der Waals surface area contributed by atoms with Crippen LogP contribution in [-0.2, 0) is 9.53 Å².